The molecule has 1 heterocycles. The van der Waals surface area contributed by atoms with Gasteiger partial charge in [0.05, 0.1) is 6.20 Å². The Bertz CT molecular complexity index is 594. The number of pyridine rings is 1. The largest absolute Gasteiger partial charge is 0.310 e. The lowest BCUT2D eigenvalue weighted by atomic mass is 10.0. The monoisotopic (exact) mass is 260 g/mol. The normalized spacial score (nSPS) is 14.6. The van der Waals surface area contributed by atoms with Crippen molar-refractivity contribution in [2.45, 2.75) is 25.4 Å². The molecule has 0 radical (unpaired) electrons. The fourth-order valence-corrected chi connectivity index (χ4v) is 2.03. The van der Waals surface area contributed by atoms with Crippen LogP contribution in [0.2, 0.25) is 0 Å². The zero-order valence-corrected chi connectivity index (χ0v) is 10.4. The number of hydrogen-bond donors (Lipinski definition) is 1. The van der Waals surface area contributed by atoms with Gasteiger partial charge >= 0.3 is 0 Å². The van der Waals surface area contributed by atoms with Crippen LogP contribution in [0.15, 0.2) is 36.7 Å². The molecular formula is C15H14F2N2. The van der Waals surface area contributed by atoms with E-state index in [1.807, 2.05) is 6.07 Å². The van der Waals surface area contributed by atoms with Crippen molar-refractivity contribution in [2.75, 3.05) is 0 Å². The van der Waals surface area contributed by atoms with Crippen LogP contribution in [-0.4, -0.2) is 11.0 Å². The Balaban J connectivity index is 1.84. The van der Waals surface area contributed by atoms with E-state index in [0.29, 0.717) is 12.6 Å². The molecule has 0 amide bonds. The minimum absolute atomic E-state index is 0.245. The lowest BCUT2D eigenvalue weighted by Crippen LogP contribution is -2.15. The van der Waals surface area contributed by atoms with E-state index in [9.17, 15) is 8.78 Å². The third-order valence-corrected chi connectivity index (χ3v) is 3.27. The summed E-state index contributed by atoms with van der Waals surface area (Å²) in [6.45, 7) is 0.653. The van der Waals surface area contributed by atoms with Crippen LogP contribution in [0, 0.1) is 11.6 Å². The molecule has 1 saturated carbocycles. The highest BCUT2D eigenvalue weighted by Gasteiger charge is 2.20. The molecule has 4 heteroatoms. The van der Waals surface area contributed by atoms with E-state index in [4.69, 9.17) is 0 Å². The van der Waals surface area contributed by atoms with Gasteiger partial charge in [0.15, 0.2) is 0 Å². The molecule has 2 aromatic rings. The van der Waals surface area contributed by atoms with Crippen molar-refractivity contribution in [3.8, 4) is 11.1 Å². The molecule has 98 valence electrons. The maximum Gasteiger partial charge on any atom is 0.149 e. The number of nitrogens with zero attached hydrogens (tertiary/aromatic N) is 1. The van der Waals surface area contributed by atoms with E-state index in [2.05, 4.69) is 10.3 Å². The highest BCUT2D eigenvalue weighted by Crippen LogP contribution is 2.26. The van der Waals surface area contributed by atoms with Gasteiger partial charge in [-0.15, -0.1) is 0 Å². The molecule has 2 nitrogen and oxygen atoms in total. The summed E-state index contributed by atoms with van der Waals surface area (Å²) >= 11 is 0. The van der Waals surface area contributed by atoms with Gasteiger partial charge in [-0.1, -0.05) is 12.1 Å². The molecule has 1 aromatic carbocycles. The molecule has 0 atom stereocenters. The second kappa shape index (κ2) is 5.05. The standard InChI is InChI=1S/C15H14F2N2/c16-14-7-10(8-19-11-2-3-11)1-4-12(14)13-5-6-18-9-15(13)17/h1,4-7,9,11,19H,2-3,8H2. The van der Waals surface area contributed by atoms with E-state index < -0.39 is 11.6 Å². The van der Waals surface area contributed by atoms with E-state index >= 15 is 0 Å². The van der Waals surface area contributed by atoms with Gasteiger partial charge in [-0.25, -0.2) is 8.78 Å². The summed E-state index contributed by atoms with van der Waals surface area (Å²) in [6, 6.07) is 6.98. The van der Waals surface area contributed by atoms with Gasteiger partial charge in [-0.3, -0.25) is 4.98 Å². The van der Waals surface area contributed by atoms with Crippen LogP contribution in [-0.2, 0) is 6.54 Å². The number of aromatic nitrogens is 1. The summed E-state index contributed by atoms with van der Waals surface area (Å²) in [5, 5.41) is 3.32. The zero-order chi connectivity index (χ0) is 13.2. The van der Waals surface area contributed by atoms with Gasteiger partial charge in [0.25, 0.3) is 0 Å². The fourth-order valence-electron chi connectivity index (χ4n) is 2.03. The average Bonchev–Trinajstić information content (AvgIpc) is 3.22. The van der Waals surface area contributed by atoms with Crippen molar-refractivity contribution < 1.29 is 8.78 Å². The SMILES string of the molecule is Fc1cnccc1-c1ccc(CNC2CC2)cc1F. The molecular weight excluding hydrogens is 246 g/mol. The third kappa shape index (κ3) is 2.79. The summed E-state index contributed by atoms with van der Waals surface area (Å²) < 4.78 is 27.6. The Hall–Kier alpha value is -1.81. The van der Waals surface area contributed by atoms with Gasteiger partial charge < -0.3 is 5.32 Å². The molecule has 3 rings (SSSR count). The van der Waals surface area contributed by atoms with Crippen LogP contribution in [0.3, 0.4) is 0 Å². The van der Waals surface area contributed by atoms with Crippen molar-refractivity contribution in [2.24, 2.45) is 0 Å². The molecule has 0 bridgehead atoms. The van der Waals surface area contributed by atoms with E-state index in [1.54, 1.807) is 6.07 Å². The Morgan fingerprint density at radius 1 is 1.11 bits per heavy atom. The van der Waals surface area contributed by atoms with Crippen LogP contribution in [0.25, 0.3) is 11.1 Å². The lowest BCUT2D eigenvalue weighted by Gasteiger charge is -2.08. The van der Waals surface area contributed by atoms with E-state index in [-0.39, 0.29) is 11.1 Å². The number of nitrogens with one attached hydrogen (secondary N) is 1. The summed E-state index contributed by atoms with van der Waals surface area (Å²) in [6.07, 6.45) is 4.95. The molecule has 1 fully saturated rings. The predicted octanol–water partition coefficient (Wildman–Crippen LogP) is 3.28. The van der Waals surface area contributed by atoms with Gasteiger partial charge in [0.2, 0.25) is 0 Å². The molecule has 0 spiro atoms. The van der Waals surface area contributed by atoms with Gasteiger partial charge in [-0.2, -0.15) is 0 Å². The second-order valence-electron chi connectivity index (χ2n) is 4.82. The topological polar surface area (TPSA) is 24.9 Å². The highest BCUT2D eigenvalue weighted by molar-refractivity contribution is 5.64. The van der Waals surface area contributed by atoms with Crippen LogP contribution < -0.4 is 5.32 Å². The maximum absolute atomic E-state index is 14.0. The number of benzene rings is 1. The second-order valence-corrected chi connectivity index (χ2v) is 4.82. The van der Waals surface area contributed by atoms with Crippen molar-refractivity contribution >= 4 is 0 Å². The van der Waals surface area contributed by atoms with E-state index in [1.165, 1.54) is 31.2 Å². The molecule has 19 heavy (non-hydrogen) atoms. The summed E-state index contributed by atoms with van der Waals surface area (Å²) in [4.78, 5) is 3.67. The van der Waals surface area contributed by atoms with Crippen LogP contribution in [0.5, 0.6) is 0 Å². The first-order valence-electron chi connectivity index (χ1n) is 6.36. The van der Waals surface area contributed by atoms with Crippen LogP contribution in [0.1, 0.15) is 18.4 Å². The third-order valence-electron chi connectivity index (χ3n) is 3.27. The predicted molar refractivity (Wildman–Crippen MR) is 69.5 cm³/mol. The minimum Gasteiger partial charge on any atom is -0.310 e. The van der Waals surface area contributed by atoms with Gasteiger partial charge in [-0.05, 0) is 30.5 Å². The molecule has 1 aliphatic rings. The van der Waals surface area contributed by atoms with Gasteiger partial charge in [0.1, 0.15) is 11.6 Å². The first-order valence-corrected chi connectivity index (χ1v) is 6.36. The Morgan fingerprint density at radius 2 is 1.89 bits per heavy atom. The van der Waals surface area contributed by atoms with Crippen molar-refractivity contribution in [3.05, 3.63) is 53.9 Å². The smallest absolute Gasteiger partial charge is 0.149 e. The summed E-state index contributed by atoms with van der Waals surface area (Å²) in [7, 11) is 0. The van der Waals surface area contributed by atoms with Crippen molar-refractivity contribution in [3.63, 3.8) is 0 Å². The van der Waals surface area contributed by atoms with Crippen LogP contribution >= 0.6 is 0 Å². The molecule has 1 N–H and O–H groups in total. The average molecular weight is 260 g/mol. The van der Waals surface area contributed by atoms with E-state index in [0.717, 1.165) is 11.8 Å². The molecule has 0 unspecified atom stereocenters. The number of halogens is 2. The summed E-state index contributed by atoms with van der Waals surface area (Å²) in [5.74, 6) is -0.912. The number of hydrogen-bond acceptors (Lipinski definition) is 2. The number of rotatable bonds is 4. The molecule has 1 aromatic heterocycles. The maximum atomic E-state index is 14.0. The molecule has 1 aliphatic carbocycles. The zero-order valence-electron chi connectivity index (χ0n) is 10.4. The molecule has 0 saturated heterocycles. The molecule has 0 aliphatic heterocycles. The minimum atomic E-state index is -0.509. The Labute approximate surface area is 110 Å². The fraction of sp³-hybridized carbons (Fsp3) is 0.267. The Kier molecular flexibility index (Phi) is 3.25. The first-order chi connectivity index (χ1) is 9.24. The quantitative estimate of drug-likeness (QED) is 0.912. The van der Waals surface area contributed by atoms with Crippen LogP contribution in [0.4, 0.5) is 8.78 Å². The first kappa shape index (κ1) is 12.2. The summed E-state index contributed by atoms with van der Waals surface area (Å²) in [5.41, 5.74) is 1.40. The Morgan fingerprint density at radius 3 is 2.58 bits per heavy atom. The van der Waals surface area contributed by atoms with Crippen molar-refractivity contribution in [1.29, 1.82) is 0 Å². The van der Waals surface area contributed by atoms with Gasteiger partial charge in [0, 0.05) is 29.9 Å². The highest BCUT2D eigenvalue weighted by atomic mass is 19.1. The van der Waals surface area contributed by atoms with Crippen molar-refractivity contribution in [1.82, 2.24) is 10.3 Å². The lowest BCUT2D eigenvalue weighted by molar-refractivity contribution is 0.609.